The minimum atomic E-state index is -0.730. The number of rotatable bonds is 10. The summed E-state index contributed by atoms with van der Waals surface area (Å²) in [6.07, 6.45) is 7.22. The number of unbranched alkanes of at least 4 members (excludes halogenated alkanes) is 4. The van der Waals surface area contributed by atoms with Crippen molar-refractivity contribution in [3.8, 4) is 0 Å². The molecular weight excluding hydrogens is 270 g/mol. The molecule has 0 aliphatic heterocycles. The summed E-state index contributed by atoms with van der Waals surface area (Å²) in [7, 11) is 0. The van der Waals surface area contributed by atoms with Crippen LogP contribution in [0.15, 0.2) is 6.07 Å². The summed E-state index contributed by atoms with van der Waals surface area (Å²) >= 11 is 0. The average Bonchev–Trinajstić information content (AvgIpc) is 3.18. The number of carbonyl (C=O) groups is 2. The Morgan fingerprint density at radius 3 is 2.67 bits per heavy atom. The Morgan fingerprint density at radius 2 is 1.95 bits per heavy atom. The number of aromatic nitrogens is 2. The maximum absolute atomic E-state index is 11.9. The van der Waals surface area contributed by atoms with Crippen molar-refractivity contribution in [2.45, 2.75) is 57.3 Å². The SMILES string of the molecule is O=C(O)CCCCCCCNC(=O)c1cc(C2CC2)[nH]n1. The first kappa shape index (κ1) is 15.5. The standard InChI is InChI=1S/C15H23N3O3/c19-14(20)6-4-2-1-3-5-9-16-15(21)13-10-12(17-18-13)11-7-8-11/h10-11H,1-9H2,(H,16,21)(H,17,18)(H,19,20). The quantitative estimate of drug-likeness (QED) is 0.577. The summed E-state index contributed by atoms with van der Waals surface area (Å²) in [4.78, 5) is 22.2. The van der Waals surface area contributed by atoms with E-state index in [2.05, 4.69) is 15.5 Å². The van der Waals surface area contributed by atoms with Crippen molar-refractivity contribution in [2.75, 3.05) is 6.54 Å². The number of hydrogen-bond acceptors (Lipinski definition) is 3. The molecule has 0 atom stereocenters. The fraction of sp³-hybridized carbons (Fsp3) is 0.667. The summed E-state index contributed by atoms with van der Waals surface area (Å²) in [6, 6.07) is 1.85. The first-order valence-electron chi connectivity index (χ1n) is 7.72. The fourth-order valence-corrected chi connectivity index (χ4v) is 2.28. The highest BCUT2D eigenvalue weighted by Gasteiger charge is 2.26. The molecular formula is C15H23N3O3. The molecule has 1 fully saturated rings. The number of amides is 1. The number of H-pyrrole nitrogens is 1. The lowest BCUT2D eigenvalue weighted by atomic mass is 10.1. The summed E-state index contributed by atoms with van der Waals surface area (Å²) in [5, 5.41) is 18.3. The van der Waals surface area contributed by atoms with E-state index >= 15 is 0 Å². The number of hydrogen-bond donors (Lipinski definition) is 3. The summed E-state index contributed by atoms with van der Waals surface area (Å²) < 4.78 is 0. The largest absolute Gasteiger partial charge is 0.481 e. The summed E-state index contributed by atoms with van der Waals surface area (Å²) in [5.74, 6) is -0.277. The fourth-order valence-electron chi connectivity index (χ4n) is 2.28. The van der Waals surface area contributed by atoms with E-state index in [-0.39, 0.29) is 12.3 Å². The van der Waals surface area contributed by atoms with Crippen molar-refractivity contribution in [3.05, 3.63) is 17.5 Å². The Kier molecular flexibility index (Phi) is 5.78. The van der Waals surface area contributed by atoms with Crippen molar-refractivity contribution < 1.29 is 14.7 Å². The van der Waals surface area contributed by atoms with Crippen molar-refractivity contribution in [1.82, 2.24) is 15.5 Å². The highest BCUT2D eigenvalue weighted by molar-refractivity contribution is 5.92. The molecule has 0 bridgehead atoms. The van der Waals surface area contributed by atoms with Gasteiger partial charge in [0.25, 0.3) is 5.91 Å². The molecule has 6 heteroatoms. The topological polar surface area (TPSA) is 95.1 Å². The van der Waals surface area contributed by atoms with Crippen molar-refractivity contribution in [2.24, 2.45) is 0 Å². The van der Waals surface area contributed by atoms with Crippen LogP contribution in [0.3, 0.4) is 0 Å². The molecule has 0 aromatic carbocycles. The van der Waals surface area contributed by atoms with Crippen molar-refractivity contribution in [1.29, 1.82) is 0 Å². The molecule has 1 aliphatic rings. The molecule has 0 spiro atoms. The number of nitrogens with one attached hydrogen (secondary N) is 2. The van der Waals surface area contributed by atoms with Gasteiger partial charge in [-0.15, -0.1) is 0 Å². The van der Waals surface area contributed by atoms with Crippen LogP contribution in [0.2, 0.25) is 0 Å². The Morgan fingerprint density at radius 1 is 1.24 bits per heavy atom. The number of carboxylic acids is 1. The highest BCUT2D eigenvalue weighted by Crippen LogP contribution is 2.38. The maximum atomic E-state index is 11.9. The summed E-state index contributed by atoms with van der Waals surface area (Å²) in [6.45, 7) is 0.642. The molecule has 1 aromatic heterocycles. The number of aromatic amines is 1. The minimum Gasteiger partial charge on any atom is -0.481 e. The molecule has 1 heterocycles. The predicted molar refractivity (Wildman–Crippen MR) is 78.2 cm³/mol. The Hall–Kier alpha value is -1.85. The number of carboxylic acid groups (broad SMARTS) is 1. The van der Waals surface area contributed by atoms with Gasteiger partial charge in [0.1, 0.15) is 5.69 Å². The number of carbonyl (C=O) groups excluding carboxylic acids is 1. The van der Waals surface area contributed by atoms with E-state index in [1.165, 1.54) is 12.8 Å². The first-order chi connectivity index (χ1) is 10.2. The number of aliphatic carboxylic acids is 1. The van der Waals surface area contributed by atoms with Gasteiger partial charge < -0.3 is 10.4 Å². The monoisotopic (exact) mass is 293 g/mol. The molecule has 0 radical (unpaired) electrons. The van der Waals surface area contributed by atoms with E-state index < -0.39 is 5.97 Å². The average molecular weight is 293 g/mol. The van der Waals surface area contributed by atoms with Gasteiger partial charge in [-0.25, -0.2) is 0 Å². The van der Waals surface area contributed by atoms with Crippen LogP contribution in [0, 0.1) is 0 Å². The van der Waals surface area contributed by atoms with Crippen LogP contribution in [0.4, 0.5) is 0 Å². The Labute approximate surface area is 124 Å². The van der Waals surface area contributed by atoms with Crippen LogP contribution in [0.25, 0.3) is 0 Å². The minimum absolute atomic E-state index is 0.121. The molecule has 21 heavy (non-hydrogen) atoms. The Balaban J connectivity index is 1.51. The van der Waals surface area contributed by atoms with E-state index in [1.807, 2.05) is 6.07 Å². The highest BCUT2D eigenvalue weighted by atomic mass is 16.4. The first-order valence-corrected chi connectivity index (χ1v) is 7.72. The van der Waals surface area contributed by atoms with Crippen LogP contribution in [0.5, 0.6) is 0 Å². The predicted octanol–water partition coefficient (Wildman–Crippen LogP) is 2.44. The molecule has 1 amide bonds. The second-order valence-electron chi connectivity index (χ2n) is 5.65. The van der Waals surface area contributed by atoms with Gasteiger partial charge in [0.2, 0.25) is 0 Å². The lowest BCUT2D eigenvalue weighted by Gasteiger charge is -2.03. The summed E-state index contributed by atoms with van der Waals surface area (Å²) in [5.41, 5.74) is 1.54. The molecule has 0 unspecified atom stereocenters. The third kappa shape index (κ3) is 5.57. The zero-order valence-corrected chi connectivity index (χ0v) is 12.2. The van der Waals surface area contributed by atoms with Crippen LogP contribution in [0.1, 0.15) is 73.5 Å². The van der Waals surface area contributed by atoms with Gasteiger partial charge >= 0.3 is 5.97 Å². The zero-order valence-electron chi connectivity index (χ0n) is 12.2. The molecule has 1 saturated carbocycles. The molecule has 6 nitrogen and oxygen atoms in total. The lowest BCUT2D eigenvalue weighted by Crippen LogP contribution is -2.24. The van der Waals surface area contributed by atoms with E-state index in [0.29, 0.717) is 18.2 Å². The van der Waals surface area contributed by atoms with E-state index in [9.17, 15) is 9.59 Å². The van der Waals surface area contributed by atoms with E-state index in [4.69, 9.17) is 5.11 Å². The van der Waals surface area contributed by atoms with E-state index in [0.717, 1.165) is 37.8 Å². The van der Waals surface area contributed by atoms with Crippen LogP contribution >= 0.6 is 0 Å². The van der Waals surface area contributed by atoms with Crippen LogP contribution < -0.4 is 5.32 Å². The van der Waals surface area contributed by atoms with E-state index in [1.54, 1.807) is 0 Å². The van der Waals surface area contributed by atoms with Gasteiger partial charge in [0, 0.05) is 24.6 Å². The smallest absolute Gasteiger partial charge is 0.303 e. The molecule has 1 aromatic rings. The maximum Gasteiger partial charge on any atom is 0.303 e. The van der Waals surface area contributed by atoms with Gasteiger partial charge in [-0.3, -0.25) is 14.7 Å². The molecule has 2 rings (SSSR count). The van der Waals surface area contributed by atoms with Crippen molar-refractivity contribution >= 4 is 11.9 Å². The van der Waals surface area contributed by atoms with Crippen LogP contribution in [-0.4, -0.2) is 33.7 Å². The second-order valence-corrected chi connectivity index (χ2v) is 5.65. The molecule has 116 valence electrons. The second kappa shape index (κ2) is 7.81. The number of nitrogens with zero attached hydrogens (tertiary/aromatic N) is 1. The third-order valence-electron chi connectivity index (χ3n) is 3.70. The van der Waals surface area contributed by atoms with Gasteiger partial charge in [0.15, 0.2) is 0 Å². The molecule has 1 aliphatic carbocycles. The lowest BCUT2D eigenvalue weighted by molar-refractivity contribution is -0.137. The Bertz CT molecular complexity index is 480. The molecule has 0 saturated heterocycles. The zero-order chi connectivity index (χ0) is 15.1. The van der Waals surface area contributed by atoms with Gasteiger partial charge in [-0.1, -0.05) is 19.3 Å². The van der Waals surface area contributed by atoms with Gasteiger partial charge in [-0.05, 0) is 31.7 Å². The van der Waals surface area contributed by atoms with Gasteiger partial charge in [0.05, 0.1) is 0 Å². The van der Waals surface area contributed by atoms with Crippen LogP contribution in [-0.2, 0) is 4.79 Å². The van der Waals surface area contributed by atoms with Crippen molar-refractivity contribution in [3.63, 3.8) is 0 Å². The van der Waals surface area contributed by atoms with Gasteiger partial charge in [-0.2, -0.15) is 5.10 Å². The molecule has 3 N–H and O–H groups in total. The third-order valence-corrected chi connectivity index (χ3v) is 3.70. The normalized spacial score (nSPS) is 14.1.